The van der Waals surface area contributed by atoms with Crippen LogP contribution in [-0.4, -0.2) is 47.1 Å². The van der Waals surface area contributed by atoms with Gasteiger partial charge in [0.15, 0.2) is 0 Å². The van der Waals surface area contributed by atoms with Crippen LogP contribution >= 0.6 is 0 Å². The number of hydrogen-bond donors (Lipinski definition) is 4. The molecule has 2 aromatic carbocycles. The lowest BCUT2D eigenvalue weighted by Gasteiger charge is -2.10. The van der Waals surface area contributed by atoms with Crippen molar-refractivity contribution in [3.05, 3.63) is 70.8 Å². The van der Waals surface area contributed by atoms with Gasteiger partial charge in [-0.1, -0.05) is 24.3 Å². The van der Waals surface area contributed by atoms with Gasteiger partial charge in [-0.05, 0) is 24.3 Å². The van der Waals surface area contributed by atoms with E-state index >= 15 is 0 Å². The highest BCUT2D eigenvalue weighted by Gasteiger charge is 2.17. The summed E-state index contributed by atoms with van der Waals surface area (Å²) in [5, 5.41) is 23.2. The van der Waals surface area contributed by atoms with Crippen molar-refractivity contribution in [3.8, 4) is 0 Å². The molecule has 0 heterocycles. The Labute approximate surface area is 148 Å². The molecule has 2 rings (SSSR count). The average molecular weight is 356 g/mol. The van der Waals surface area contributed by atoms with E-state index in [0.29, 0.717) is 0 Å². The smallest absolute Gasteiger partial charge is 0.336 e. The highest BCUT2D eigenvalue weighted by Crippen LogP contribution is 2.09. The van der Waals surface area contributed by atoms with Crippen molar-refractivity contribution in [2.45, 2.75) is 0 Å². The van der Waals surface area contributed by atoms with Crippen LogP contribution in [0.1, 0.15) is 41.4 Å². The summed E-state index contributed by atoms with van der Waals surface area (Å²) in [6, 6.07) is 11.5. The number of carbonyl (C=O) groups excluding carboxylic acids is 2. The number of carboxylic acid groups (broad SMARTS) is 2. The van der Waals surface area contributed by atoms with Gasteiger partial charge in [-0.2, -0.15) is 0 Å². The number of benzene rings is 2. The number of rotatable bonds is 7. The summed E-state index contributed by atoms with van der Waals surface area (Å²) in [6.45, 7) is 0.0987. The first-order valence-corrected chi connectivity index (χ1v) is 7.63. The van der Waals surface area contributed by atoms with Crippen LogP contribution in [0.3, 0.4) is 0 Å². The molecule has 0 aliphatic carbocycles. The Morgan fingerprint density at radius 2 is 0.923 bits per heavy atom. The van der Waals surface area contributed by atoms with Crippen LogP contribution in [0.2, 0.25) is 0 Å². The number of carbonyl (C=O) groups is 4. The van der Waals surface area contributed by atoms with Gasteiger partial charge in [-0.15, -0.1) is 0 Å². The summed E-state index contributed by atoms with van der Waals surface area (Å²) in [6.07, 6.45) is 0. The van der Waals surface area contributed by atoms with Gasteiger partial charge in [-0.25, -0.2) is 9.59 Å². The van der Waals surface area contributed by atoms with Crippen molar-refractivity contribution >= 4 is 23.8 Å². The van der Waals surface area contributed by atoms with E-state index in [-0.39, 0.29) is 35.3 Å². The quantitative estimate of drug-likeness (QED) is 0.552. The normalized spacial score (nSPS) is 10.0. The van der Waals surface area contributed by atoms with Crippen molar-refractivity contribution in [1.82, 2.24) is 10.6 Å². The average Bonchev–Trinajstić information content (AvgIpc) is 2.64. The van der Waals surface area contributed by atoms with E-state index in [9.17, 15) is 19.2 Å². The predicted octanol–water partition coefficient (Wildman–Crippen LogP) is 1.24. The Morgan fingerprint density at radius 3 is 1.23 bits per heavy atom. The van der Waals surface area contributed by atoms with Crippen molar-refractivity contribution in [3.63, 3.8) is 0 Å². The third-order valence-corrected chi connectivity index (χ3v) is 3.50. The second-order valence-corrected chi connectivity index (χ2v) is 5.21. The zero-order valence-electron chi connectivity index (χ0n) is 13.6. The van der Waals surface area contributed by atoms with Crippen LogP contribution in [-0.2, 0) is 0 Å². The third-order valence-electron chi connectivity index (χ3n) is 3.50. The molecule has 2 amide bonds. The molecule has 0 spiro atoms. The fraction of sp³-hybridized carbons (Fsp3) is 0.111. The maximum Gasteiger partial charge on any atom is 0.336 e. The van der Waals surface area contributed by atoms with Crippen molar-refractivity contribution in [1.29, 1.82) is 0 Å². The number of nitrogens with one attached hydrogen (secondary N) is 2. The van der Waals surface area contributed by atoms with E-state index in [2.05, 4.69) is 10.6 Å². The molecule has 0 radical (unpaired) electrons. The molecule has 0 saturated heterocycles. The molecule has 0 aliphatic heterocycles. The van der Waals surface area contributed by atoms with E-state index in [4.69, 9.17) is 10.2 Å². The molecule has 26 heavy (non-hydrogen) atoms. The minimum absolute atomic E-state index is 0.0162. The van der Waals surface area contributed by atoms with E-state index in [0.717, 1.165) is 0 Å². The largest absolute Gasteiger partial charge is 0.478 e. The van der Waals surface area contributed by atoms with Crippen LogP contribution in [0.15, 0.2) is 48.5 Å². The molecular weight excluding hydrogens is 340 g/mol. The van der Waals surface area contributed by atoms with E-state index in [1.807, 2.05) is 0 Å². The minimum Gasteiger partial charge on any atom is -0.478 e. The molecule has 134 valence electrons. The fourth-order valence-electron chi connectivity index (χ4n) is 2.28. The molecule has 2 aromatic rings. The first kappa shape index (κ1) is 18.7. The van der Waals surface area contributed by atoms with Gasteiger partial charge in [0.1, 0.15) is 0 Å². The van der Waals surface area contributed by atoms with Crippen molar-refractivity contribution < 1.29 is 29.4 Å². The van der Waals surface area contributed by atoms with Crippen LogP contribution in [0, 0.1) is 0 Å². The molecule has 0 saturated carbocycles. The molecule has 8 nitrogen and oxygen atoms in total. The van der Waals surface area contributed by atoms with Crippen LogP contribution in [0.4, 0.5) is 0 Å². The highest BCUT2D eigenvalue weighted by atomic mass is 16.4. The number of aromatic carboxylic acids is 2. The second-order valence-electron chi connectivity index (χ2n) is 5.21. The Kier molecular flexibility index (Phi) is 6.05. The fourth-order valence-corrected chi connectivity index (χ4v) is 2.28. The zero-order valence-corrected chi connectivity index (χ0v) is 13.6. The van der Waals surface area contributed by atoms with Crippen LogP contribution in [0.5, 0.6) is 0 Å². The van der Waals surface area contributed by atoms with Gasteiger partial charge in [0.2, 0.25) is 0 Å². The van der Waals surface area contributed by atoms with E-state index in [1.165, 1.54) is 36.4 Å². The van der Waals surface area contributed by atoms with Gasteiger partial charge in [0, 0.05) is 13.1 Å². The molecule has 0 atom stereocenters. The summed E-state index contributed by atoms with van der Waals surface area (Å²) in [5.74, 6) is -3.59. The Hall–Kier alpha value is -3.68. The first-order chi connectivity index (χ1) is 12.4. The summed E-state index contributed by atoms with van der Waals surface area (Å²) in [7, 11) is 0. The number of carboxylic acids is 2. The van der Waals surface area contributed by atoms with Crippen molar-refractivity contribution in [2.24, 2.45) is 0 Å². The first-order valence-electron chi connectivity index (χ1n) is 7.63. The second kappa shape index (κ2) is 8.43. The lowest BCUT2D eigenvalue weighted by Crippen LogP contribution is -2.35. The molecular formula is C18H16N2O6. The molecule has 4 N–H and O–H groups in total. The molecule has 0 unspecified atom stereocenters. The molecule has 8 heteroatoms. The molecule has 0 fully saturated rings. The minimum atomic E-state index is -1.21. The zero-order chi connectivity index (χ0) is 19.1. The van der Waals surface area contributed by atoms with Gasteiger partial charge < -0.3 is 20.8 Å². The van der Waals surface area contributed by atoms with Crippen LogP contribution < -0.4 is 10.6 Å². The van der Waals surface area contributed by atoms with Gasteiger partial charge in [0.05, 0.1) is 22.3 Å². The van der Waals surface area contributed by atoms with Crippen LogP contribution in [0.25, 0.3) is 0 Å². The van der Waals surface area contributed by atoms with Gasteiger partial charge in [0.25, 0.3) is 11.8 Å². The summed E-state index contributed by atoms with van der Waals surface area (Å²) < 4.78 is 0. The maximum absolute atomic E-state index is 12.1. The van der Waals surface area contributed by atoms with E-state index in [1.54, 1.807) is 12.1 Å². The summed E-state index contributed by atoms with van der Waals surface area (Å²) in [5.41, 5.74) is -0.209. The maximum atomic E-state index is 12.1. The topological polar surface area (TPSA) is 133 Å². The molecule has 0 aliphatic rings. The van der Waals surface area contributed by atoms with Gasteiger partial charge >= 0.3 is 11.9 Å². The monoisotopic (exact) mass is 356 g/mol. The SMILES string of the molecule is O=C(O)c1ccccc1C(=O)NCCNC(=O)c1ccccc1C(=O)O. The summed E-state index contributed by atoms with van der Waals surface area (Å²) in [4.78, 5) is 46.3. The molecule has 0 aromatic heterocycles. The standard InChI is InChI=1S/C18H16N2O6/c21-15(11-5-1-3-7-13(11)17(23)24)19-9-10-20-16(22)12-6-2-4-8-14(12)18(25)26/h1-8H,9-10H2,(H,19,21)(H,20,22)(H,23,24)(H,25,26). The Morgan fingerprint density at radius 1 is 0.615 bits per heavy atom. The lowest BCUT2D eigenvalue weighted by molar-refractivity contribution is 0.0682. The van der Waals surface area contributed by atoms with Gasteiger partial charge in [-0.3, -0.25) is 9.59 Å². The summed E-state index contributed by atoms with van der Waals surface area (Å²) >= 11 is 0. The number of hydrogen-bond acceptors (Lipinski definition) is 4. The van der Waals surface area contributed by atoms with E-state index < -0.39 is 23.8 Å². The predicted molar refractivity (Wildman–Crippen MR) is 91.5 cm³/mol. The number of amides is 2. The molecule has 0 bridgehead atoms. The Bertz CT molecular complexity index is 791. The Balaban J connectivity index is 1.91. The van der Waals surface area contributed by atoms with Crippen molar-refractivity contribution in [2.75, 3.05) is 13.1 Å². The third kappa shape index (κ3) is 4.44. The highest BCUT2D eigenvalue weighted by molar-refractivity contribution is 6.05. The lowest BCUT2D eigenvalue weighted by atomic mass is 10.1.